The Kier molecular flexibility index (Phi) is 2.76. The first kappa shape index (κ1) is 12.7. The minimum absolute atomic E-state index is 0.0827. The first-order valence-electron chi connectivity index (χ1n) is 7.10. The molecule has 3 aromatic carbocycles. The maximum Gasteiger partial charge on any atom is 0.255 e. The maximum atomic E-state index is 12.3. The molecule has 0 aliphatic carbocycles. The summed E-state index contributed by atoms with van der Waals surface area (Å²) in [4.78, 5) is 12.3. The highest BCUT2D eigenvalue weighted by molar-refractivity contribution is 6.02. The van der Waals surface area contributed by atoms with Crippen LogP contribution in [0, 0.1) is 0 Å². The molecule has 3 N–H and O–H groups in total. The van der Waals surface area contributed by atoms with Crippen molar-refractivity contribution in [3.8, 4) is 5.75 Å². The summed E-state index contributed by atoms with van der Waals surface area (Å²) in [6.07, 6.45) is -0.296. The summed E-state index contributed by atoms with van der Waals surface area (Å²) >= 11 is 0. The molecule has 0 spiro atoms. The van der Waals surface area contributed by atoms with E-state index in [4.69, 9.17) is 0 Å². The van der Waals surface area contributed by atoms with Gasteiger partial charge in [-0.25, -0.2) is 0 Å². The summed E-state index contributed by atoms with van der Waals surface area (Å²) in [5.41, 5.74) is 2.20. The zero-order chi connectivity index (χ0) is 15.1. The third kappa shape index (κ3) is 1.97. The lowest BCUT2D eigenvalue weighted by molar-refractivity contribution is 0.0935. The Bertz CT molecular complexity index is 884. The molecule has 0 aromatic heterocycles. The van der Waals surface area contributed by atoms with Crippen LogP contribution < -0.4 is 10.6 Å². The number of rotatable bonds is 1. The lowest BCUT2D eigenvalue weighted by Crippen LogP contribution is -2.38. The third-order valence-corrected chi connectivity index (χ3v) is 3.96. The number of hydrogen-bond acceptors (Lipinski definition) is 3. The molecule has 0 radical (unpaired) electrons. The summed E-state index contributed by atoms with van der Waals surface area (Å²) in [5, 5.41) is 18.0. The van der Waals surface area contributed by atoms with Crippen molar-refractivity contribution in [1.82, 2.24) is 5.32 Å². The van der Waals surface area contributed by atoms with Crippen LogP contribution in [0.1, 0.15) is 22.1 Å². The largest absolute Gasteiger partial charge is 0.508 e. The van der Waals surface area contributed by atoms with Gasteiger partial charge in [-0.2, -0.15) is 0 Å². The summed E-state index contributed by atoms with van der Waals surface area (Å²) < 4.78 is 0. The average Bonchev–Trinajstić information content (AvgIpc) is 2.55. The molecule has 4 rings (SSSR count). The number of benzene rings is 3. The number of nitrogens with one attached hydrogen (secondary N) is 2. The van der Waals surface area contributed by atoms with E-state index in [0.717, 1.165) is 22.0 Å². The van der Waals surface area contributed by atoms with Crippen LogP contribution >= 0.6 is 0 Å². The van der Waals surface area contributed by atoms with Gasteiger partial charge in [0.05, 0.1) is 5.56 Å². The van der Waals surface area contributed by atoms with Gasteiger partial charge in [0, 0.05) is 11.3 Å². The highest BCUT2D eigenvalue weighted by atomic mass is 16.3. The molecule has 1 aliphatic heterocycles. The van der Waals surface area contributed by atoms with Gasteiger partial charge in [-0.3, -0.25) is 4.79 Å². The summed E-state index contributed by atoms with van der Waals surface area (Å²) in [7, 11) is 0. The van der Waals surface area contributed by atoms with Gasteiger partial charge in [0.25, 0.3) is 5.91 Å². The Morgan fingerprint density at radius 3 is 2.64 bits per heavy atom. The van der Waals surface area contributed by atoms with Crippen molar-refractivity contribution in [3.05, 3.63) is 71.8 Å². The SMILES string of the molecule is O=C1N[C@H](c2cccc3ccccc23)Nc2ccc(O)cc21. The lowest BCUT2D eigenvalue weighted by atomic mass is 10.00. The number of amides is 1. The van der Waals surface area contributed by atoms with Crippen LogP contribution in [0.25, 0.3) is 10.8 Å². The van der Waals surface area contributed by atoms with Crippen LogP contribution in [-0.4, -0.2) is 11.0 Å². The highest BCUT2D eigenvalue weighted by Gasteiger charge is 2.25. The first-order valence-corrected chi connectivity index (χ1v) is 7.10. The predicted octanol–water partition coefficient (Wildman–Crippen LogP) is 3.40. The van der Waals surface area contributed by atoms with Gasteiger partial charge in [-0.1, -0.05) is 42.5 Å². The van der Waals surface area contributed by atoms with Crippen LogP contribution in [0.2, 0.25) is 0 Å². The van der Waals surface area contributed by atoms with Crippen LogP contribution in [0.4, 0.5) is 5.69 Å². The van der Waals surface area contributed by atoms with E-state index in [1.165, 1.54) is 6.07 Å². The minimum atomic E-state index is -0.296. The zero-order valence-electron chi connectivity index (χ0n) is 11.7. The Morgan fingerprint density at radius 1 is 0.909 bits per heavy atom. The molecule has 108 valence electrons. The van der Waals surface area contributed by atoms with E-state index >= 15 is 0 Å². The van der Waals surface area contributed by atoms with Crippen molar-refractivity contribution in [2.45, 2.75) is 6.17 Å². The van der Waals surface area contributed by atoms with Gasteiger partial charge in [-0.15, -0.1) is 0 Å². The number of carbonyl (C=O) groups is 1. The summed E-state index contributed by atoms with van der Waals surface area (Å²) in [5.74, 6) is -0.109. The van der Waals surface area contributed by atoms with Gasteiger partial charge in [0.15, 0.2) is 0 Å². The van der Waals surface area contributed by atoms with Crippen LogP contribution in [0.5, 0.6) is 5.75 Å². The van der Waals surface area contributed by atoms with E-state index < -0.39 is 0 Å². The third-order valence-electron chi connectivity index (χ3n) is 3.96. The molecule has 1 heterocycles. The highest BCUT2D eigenvalue weighted by Crippen LogP contribution is 2.31. The van der Waals surface area contributed by atoms with Crippen LogP contribution in [0.15, 0.2) is 60.7 Å². The molecule has 4 heteroatoms. The molecular formula is C18H14N2O2. The fraction of sp³-hybridized carbons (Fsp3) is 0.0556. The van der Waals surface area contributed by atoms with E-state index in [-0.39, 0.29) is 17.8 Å². The van der Waals surface area contributed by atoms with Crippen molar-refractivity contribution in [2.75, 3.05) is 5.32 Å². The molecule has 22 heavy (non-hydrogen) atoms. The topological polar surface area (TPSA) is 61.4 Å². The van der Waals surface area contributed by atoms with Crippen molar-refractivity contribution in [2.24, 2.45) is 0 Å². The quantitative estimate of drug-likeness (QED) is 0.602. The number of phenols is 1. The molecule has 0 unspecified atom stereocenters. The molecule has 0 saturated heterocycles. The van der Waals surface area contributed by atoms with Crippen LogP contribution in [-0.2, 0) is 0 Å². The number of carbonyl (C=O) groups excluding carboxylic acids is 1. The van der Waals surface area contributed by atoms with E-state index in [1.54, 1.807) is 12.1 Å². The predicted molar refractivity (Wildman–Crippen MR) is 85.9 cm³/mol. The Morgan fingerprint density at radius 2 is 1.73 bits per heavy atom. The molecule has 1 aliphatic rings. The van der Waals surface area contributed by atoms with E-state index in [2.05, 4.69) is 22.8 Å². The Balaban J connectivity index is 1.81. The second-order valence-corrected chi connectivity index (χ2v) is 5.35. The second kappa shape index (κ2) is 4.77. The van der Waals surface area contributed by atoms with Crippen molar-refractivity contribution >= 4 is 22.4 Å². The number of fused-ring (bicyclic) bond motifs is 2. The Hall–Kier alpha value is -3.01. The summed E-state index contributed by atoms with van der Waals surface area (Å²) in [6, 6.07) is 18.9. The molecule has 0 bridgehead atoms. The maximum absolute atomic E-state index is 12.3. The minimum Gasteiger partial charge on any atom is -0.508 e. The average molecular weight is 290 g/mol. The Labute approximate surface area is 127 Å². The van der Waals surface area contributed by atoms with E-state index in [1.807, 2.05) is 30.3 Å². The zero-order valence-corrected chi connectivity index (χ0v) is 11.7. The second-order valence-electron chi connectivity index (χ2n) is 5.35. The van der Waals surface area contributed by atoms with Gasteiger partial charge < -0.3 is 15.7 Å². The number of aromatic hydroxyl groups is 1. The number of anilines is 1. The summed E-state index contributed by atoms with van der Waals surface area (Å²) in [6.45, 7) is 0. The lowest BCUT2D eigenvalue weighted by Gasteiger charge is -2.29. The van der Waals surface area contributed by atoms with E-state index in [9.17, 15) is 9.90 Å². The normalized spacial score (nSPS) is 16.7. The molecule has 0 fully saturated rings. The van der Waals surface area contributed by atoms with E-state index in [0.29, 0.717) is 5.56 Å². The fourth-order valence-corrected chi connectivity index (χ4v) is 2.90. The monoisotopic (exact) mass is 290 g/mol. The molecule has 1 amide bonds. The van der Waals surface area contributed by atoms with Gasteiger partial charge in [0.2, 0.25) is 0 Å². The molecule has 1 atom stereocenters. The number of phenolic OH excluding ortho intramolecular Hbond substituents is 1. The standard InChI is InChI=1S/C18H14N2O2/c21-12-8-9-16-15(10-12)18(22)20-17(19-16)14-7-3-5-11-4-1-2-6-13(11)14/h1-10,17,19,21H,(H,20,22)/t17-/m1/s1. The molecule has 3 aromatic rings. The molecule has 4 nitrogen and oxygen atoms in total. The smallest absolute Gasteiger partial charge is 0.255 e. The van der Waals surface area contributed by atoms with Crippen molar-refractivity contribution in [3.63, 3.8) is 0 Å². The first-order chi connectivity index (χ1) is 10.7. The fourth-order valence-electron chi connectivity index (χ4n) is 2.90. The van der Waals surface area contributed by atoms with Gasteiger partial charge in [-0.05, 0) is 29.0 Å². The van der Waals surface area contributed by atoms with Gasteiger partial charge in [0.1, 0.15) is 11.9 Å². The van der Waals surface area contributed by atoms with Crippen molar-refractivity contribution in [1.29, 1.82) is 0 Å². The van der Waals surface area contributed by atoms with Gasteiger partial charge >= 0.3 is 0 Å². The van der Waals surface area contributed by atoms with Crippen molar-refractivity contribution < 1.29 is 9.90 Å². The number of hydrogen-bond donors (Lipinski definition) is 3. The molecule has 0 saturated carbocycles. The molecular weight excluding hydrogens is 276 g/mol. The van der Waals surface area contributed by atoms with Crippen LogP contribution in [0.3, 0.4) is 0 Å².